The minimum Gasteiger partial charge on any atom is -0.490 e. The van der Waals surface area contributed by atoms with Crippen molar-refractivity contribution in [2.24, 2.45) is 0 Å². The molecule has 1 aromatic heterocycles. The van der Waals surface area contributed by atoms with Crippen molar-refractivity contribution in [3.8, 4) is 11.5 Å². The van der Waals surface area contributed by atoms with Crippen molar-refractivity contribution in [1.82, 2.24) is 9.88 Å². The molecule has 1 heterocycles. The molecule has 6 heteroatoms. The number of aryl methyl sites for hydroxylation is 1. The third-order valence-electron chi connectivity index (χ3n) is 6.10. The first-order chi connectivity index (χ1) is 17.6. The average Bonchev–Trinajstić information content (AvgIpc) is 3.23. The number of amides is 1. The van der Waals surface area contributed by atoms with E-state index >= 15 is 0 Å². The molecule has 3 aromatic carbocycles. The number of benzene rings is 3. The summed E-state index contributed by atoms with van der Waals surface area (Å²) >= 11 is 0. The molecule has 4 rings (SSSR count). The van der Waals surface area contributed by atoms with E-state index < -0.39 is 0 Å². The van der Waals surface area contributed by atoms with Crippen LogP contribution in [-0.2, 0) is 24.2 Å². The van der Waals surface area contributed by atoms with E-state index in [1.807, 2.05) is 44.2 Å². The van der Waals surface area contributed by atoms with E-state index in [0.717, 1.165) is 45.5 Å². The lowest BCUT2D eigenvalue weighted by molar-refractivity contribution is -0.121. The van der Waals surface area contributed by atoms with Crippen LogP contribution in [0.25, 0.3) is 10.9 Å². The van der Waals surface area contributed by atoms with Crippen LogP contribution < -0.4 is 14.8 Å². The Kier molecular flexibility index (Phi) is 8.61. The van der Waals surface area contributed by atoms with Crippen LogP contribution in [0.4, 0.5) is 4.39 Å². The van der Waals surface area contributed by atoms with Gasteiger partial charge in [0.25, 0.3) is 0 Å². The fourth-order valence-corrected chi connectivity index (χ4v) is 4.37. The summed E-state index contributed by atoms with van der Waals surface area (Å²) in [7, 11) is 0. The van der Waals surface area contributed by atoms with Gasteiger partial charge in [0.1, 0.15) is 5.82 Å². The maximum atomic E-state index is 13.3. The molecule has 188 valence electrons. The minimum absolute atomic E-state index is 0.0290. The Bertz CT molecular complexity index is 1300. The summed E-state index contributed by atoms with van der Waals surface area (Å²) in [6.07, 6.45) is 3.89. The van der Waals surface area contributed by atoms with Crippen molar-refractivity contribution in [3.05, 3.63) is 95.4 Å². The topological polar surface area (TPSA) is 52.5 Å². The number of nitrogens with one attached hydrogen (secondary N) is 1. The van der Waals surface area contributed by atoms with Crippen LogP contribution in [0.1, 0.15) is 37.0 Å². The highest BCUT2D eigenvalue weighted by atomic mass is 19.1. The summed E-state index contributed by atoms with van der Waals surface area (Å²) < 4.78 is 26.8. The molecule has 36 heavy (non-hydrogen) atoms. The number of para-hydroxylation sites is 1. The van der Waals surface area contributed by atoms with Gasteiger partial charge in [0, 0.05) is 36.6 Å². The van der Waals surface area contributed by atoms with Gasteiger partial charge in [-0.1, -0.05) is 36.4 Å². The fourth-order valence-electron chi connectivity index (χ4n) is 4.37. The molecular formula is C30H33FN2O3. The summed E-state index contributed by atoms with van der Waals surface area (Å²) in [5.41, 5.74) is 4.36. The largest absolute Gasteiger partial charge is 0.490 e. The Morgan fingerprint density at radius 2 is 1.61 bits per heavy atom. The van der Waals surface area contributed by atoms with Gasteiger partial charge in [-0.3, -0.25) is 4.79 Å². The van der Waals surface area contributed by atoms with Gasteiger partial charge in [-0.05, 0) is 73.7 Å². The second-order valence-electron chi connectivity index (χ2n) is 8.67. The van der Waals surface area contributed by atoms with Crippen molar-refractivity contribution in [1.29, 1.82) is 0 Å². The first-order valence-corrected chi connectivity index (χ1v) is 12.5. The number of carbonyl (C=O) groups excluding carboxylic acids is 1. The molecule has 0 aliphatic heterocycles. The zero-order valence-corrected chi connectivity index (χ0v) is 20.9. The van der Waals surface area contributed by atoms with Gasteiger partial charge in [0.2, 0.25) is 5.91 Å². The Hall–Kier alpha value is -3.80. The lowest BCUT2D eigenvalue weighted by atomic mass is 10.1. The Balaban J connectivity index is 1.33. The molecule has 0 unspecified atom stereocenters. The van der Waals surface area contributed by atoms with E-state index in [-0.39, 0.29) is 11.7 Å². The fraction of sp³-hybridized carbons (Fsp3) is 0.300. The zero-order valence-electron chi connectivity index (χ0n) is 20.9. The van der Waals surface area contributed by atoms with Crippen molar-refractivity contribution >= 4 is 16.8 Å². The number of hydrogen-bond acceptors (Lipinski definition) is 3. The smallest absolute Gasteiger partial charge is 0.220 e. The van der Waals surface area contributed by atoms with Gasteiger partial charge in [0.05, 0.1) is 13.2 Å². The lowest BCUT2D eigenvalue weighted by Gasteiger charge is -2.12. The first kappa shape index (κ1) is 25.3. The second-order valence-corrected chi connectivity index (χ2v) is 8.67. The van der Waals surface area contributed by atoms with Crippen LogP contribution >= 0.6 is 0 Å². The molecule has 0 bridgehead atoms. The molecule has 0 fully saturated rings. The summed E-state index contributed by atoms with van der Waals surface area (Å²) in [6.45, 7) is 6.26. The minimum atomic E-state index is -0.236. The molecule has 0 aliphatic carbocycles. The zero-order chi connectivity index (χ0) is 25.3. The van der Waals surface area contributed by atoms with E-state index in [9.17, 15) is 9.18 Å². The number of hydrogen-bond donors (Lipinski definition) is 1. The number of fused-ring (bicyclic) bond motifs is 1. The molecule has 4 aromatic rings. The van der Waals surface area contributed by atoms with E-state index in [0.29, 0.717) is 39.1 Å². The third-order valence-corrected chi connectivity index (χ3v) is 6.10. The molecule has 5 nitrogen and oxygen atoms in total. The Labute approximate surface area is 211 Å². The average molecular weight is 489 g/mol. The number of aromatic nitrogens is 1. The summed E-state index contributed by atoms with van der Waals surface area (Å²) in [4.78, 5) is 12.6. The van der Waals surface area contributed by atoms with Gasteiger partial charge in [-0.15, -0.1) is 0 Å². The molecule has 1 N–H and O–H groups in total. The molecule has 0 radical (unpaired) electrons. The first-order valence-electron chi connectivity index (χ1n) is 12.5. The Morgan fingerprint density at radius 1 is 0.889 bits per heavy atom. The van der Waals surface area contributed by atoms with Gasteiger partial charge in [0.15, 0.2) is 11.5 Å². The van der Waals surface area contributed by atoms with E-state index in [1.165, 1.54) is 12.1 Å². The van der Waals surface area contributed by atoms with Crippen molar-refractivity contribution in [3.63, 3.8) is 0 Å². The van der Waals surface area contributed by atoms with E-state index in [2.05, 4.69) is 28.2 Å². The number of rotatable bonds is 12. The molecule has 0 spiro atoms. The highest BCUT2D eigenvalue weighted by Gasteiger charge is 2.11. The predicted molar refractivity (Wildman–Crippen MR) is 141 cm³/mol. The number of halogens is 1. The van der Waals surface area contributed by atoms with E-state index in [1.54, 1.807) is 12.1 Å². The van der Waals surface area contributed by atoms with Crippen molar-refractivity contribution < 1.29 is 18.7 Å². The van der Waals surface area contributed by atoms with Gasteiger partial charge < -0.3 is 19.4 Å². The predicted octanol–water partition coefficient (Wildman–Crippen LogP) is 5.92. The van der Waals surface area contributed by atoms with Crippen LogP contribution in [0.5, 0.6) is 11.5 Å². The lowest BCUT2D eigenvalue weighted by Crippen LogP contribution is -2.25. The second kappa shape index (κ2) is 12.2. The van der Waals surface area contributed by atoms with Crippen molar-refractivity contribution in [2.45, 2.75) is 39.7 Å². The molecule has 0 saturated heterocycles. The van der Waals surface area contributed by atoms with Crippen LogP contribution in [0.2, 0.25) is 0 Å². The molecule has 0 saturated carbocycles. The molecule has 0 atom stereocenters. The SMILES string of the molecule is CCOc1ccc(CCNC(=O)CCc2cn(Cc3ccc(F)cc3)c3ccccc23)cc1OCC. The van der Waals surface area contributed by atoms with Crippen LogP contribution in [0, 0.1) is 5.82 Å². The van der Waals surface area contributed by atoms with Gasteiger partial charge in [-0.25, -0.2) is 4.39 Å². The standard InChI is InChI=1S/C30H33FN2O3/c1-3-35-28-15-11-22(19-29(28)36-4-2)17-18-32-30(34)16-12-24-21-33(27-8-6-5-7-26(24)27)20-23-9-13-25(31)14-10-23/h5-11,13-15,19,21H,3-4,12,16-18,20H2,1-2H3,(H,32,34). The van der Waals surface area contributed by atoms with Crippen LogP contribution in [-0.4, -0.2) is 30.2 Å². The van der Waals surface area contributed by atoms with E-state index in [4.69, 9.17) is 9.47 Å². The maximum Gasteiger partial charge on any atom is 0.220 e. The normalized spacial score (nSPS) is 11.0. The Morgan fingerprint density at radius 3 is 2.39 bits per heavy atom. The molecular weight excluding hydrogens is 455 g/mol. The monoisotopic (exact) mass is 488 g/mol. The number of nitrogens with zero attached hydrogens (tertiary/aromatic N) is 1. The molecule has 1 amide bonds. The van der Waals surface area contributed by atoms with Gasteiger partial charge >= 0.3 is 0 Å². The summed E-state index contributed by atoms with van der Waals surface area (Å²) in [5.74, 6) is 1.27. The molecule has 0 aliphatic rings. The third kappa shape index (κ3) is 6.45. The summed E-state index contributed by atoms with van der Waals surface area (Å²) in [6, 6.07) is 20.7. The van der Waals surface area contributed by atoms with Crippen LogP contribution in [0.3, 0.4) is 0 Å². The van der Waals surface area contributed by atoms with Gasteiger partial charge in [-0.2, -0.15) is 0 Å². The highest BCUT2D eigenvalue weighted by Crippen LogP contribution is 2.28. The number of ether oxygens (including phenoxy) is 2. The summed E-state index contributed by atoms with van der Waals surface area (Å²) in [5, 5.41) is 4.18. The highest BCUT2D eigenvalue weighted by molar-refractivity contribution is 5.85. The quantitative estimate of drug-likeness (QED) is 0.269. The maximum absolute atomic E-state index is 13.3. The number of carbonyl (C=O) groups is 1. The van der Waals surface area contributed by atoms with Crippen molar-refractivity contribution in [2.75, 3.05) is 19.8 Å². The van der Waals surface area contributed by atoms with Crippen LogP contribution in [0.15, 0.2) is 72.9 Å².